The van der Waals surface area contributed by atoms with Gasteiger partial charge in [0.25, 0.3) is 15.9 Å². The van der Waals surface area contributed by atoms with Gasteiger partial charge in [0.2, 0.25) is 0 Å². The van der Waals surface area contributed by atoms with Gasteiger partial charge in [0.05, 0.1) is 21.2 Å². The zero-order valence-electron chi connectivity index (χ0n) is 16.5. The Kier molecular flexibility index (Phi) is 7.12. The Hall–Kier alpha value is -3.43. The number of halogens is 2. The summed E-state index contributed by atoms with van der Waals surface area (Å²) in [7, 11) is -4.11. The molecule has 3 aromatic rings. The van der Waals surface area contributed by atoms with Crippen molar-refractivity contribution in [2.75, 3.05) is 11.3 Å². The summed E-state index contributed by atoms with van der Waals surface area (Å²) in [5.74, 6) is -2.17. The molecular weight excluding hydrogens is 459 g/mol. The van der Waals surface area contributed by atoms with E-state index in [-0.39, 0.29) is 33.3 Å². The zero-order chi connectivity index (χ0) is 23.3. The molecule has 0 aliphatic carbocycles. The molecule has 0 heterocycles. The monoisotopic (exact) mass is 476 g/mol. The highest BCUT2D eigenvalue weighted by molar-refractivity contribution is 7.92. The molecule has 0 spiro atoms. The topological polar surface area (TPSA) is 113 Å². The Morgan fingerprint density at radius 3 is 2.31 bits per heavy atom. The molecule has 10 heteroatoms. The number of carbonyl (C=O) groups is 2. The highest BCUT2D eigenvalue weighted by Crippen LogP contribution is 2.26. The number of amides is 1. The summed E-state index contributed by atoms with van der Waals surface area (Å²) in [4.78, 5) is 23.1. The molecule has 166 valence electrons. The Morgan fingerprint density at radius 1 is 0.969 bits per heavy atom. The smallest absolute Gasteiger partial charge is 0.335 e. The first-order valence-electron chi connectivity index (χ1n) is 9.34. The van der Waals surface area contributed by atoms with Crippen LogP contribution in [0.1, 0.15) is 26.3 Å². The minimum atomic E-state index is -4.11. The van der Waals surface area contributed by atoms with Gasteiger partial charge in [-0.2, -0.15) is 0 Å². The van der Waals surface area contributed by atoms with E-state index in [0.717, 1.165) is 17.7 Å². The van der Waals surface area contributed by atoms with Gasteiger partial charge in [-0.05, 0) is 60.5 Å². The van der Waals surface area contributed by atoms with Crippen molar-refractivity contribution in [3.05, 3.63) is 94.3 Å². The van der Waals surface area contributed by atoms with E-state index in [2.05, 4.69) is 10.0 Å². The van der Waals surface area contributed by atoms with E-state index < -0.39 is 27.7 Å². The number of hydrogen-bond donors (Lipinski definition) is 3. The minimum Gasteiger partial charge on any atom is -0.478 e. The number of hydrogen-bond acceptors (Lipinski definition) is 4. The molecule has 1 amide bonds. The normalized spacial score (nSPS) is 11.1. The summed E-state index contributed by atoms with van der Waals surface area (Å²) in [6.45, 7) is 0.276. The molecule has 3 N–H and O–H groups in total. The van der Waals surface area contributed by atoms with Crippen LogP contribution in [0.4, 0.5) is 10.1 Å². The lowest BCUT2D eigenvalue weighted by Crippen LogP contribution is -2.26. The number of carbonyl (C=O) groups excluding carboxylic acids is 1. The number of benzene rings is 3. The third kappa shape index (κ3) is 5.83. The van der Waals surface area contributed by atoms with Crippen LogP contribution in [0.3, 0.4) is 0 Å². The molecule has 0 bridgehead atoms. The van der Waals surface area contributed by atoms with Crippen LogP contribution in [0, 0.1) is 5.82 Å². The van der Waals surface area contributed by atoms with Gasteiger partial charge < -0.3 is 10.4 Å². The van der Waals surface area contributed by atoms with Crippen LogP contribution >= 0.6 is 11.6 Å². The van der Waals surface area contributed by atoms with Crippen LogP contribution in [0.15, 0.2) is 71.6 Å². The lowest BCUT2D eigenvalue weighted by atomic mass is 10.1. The molecule has 0 fully saturated rings. The molecule has 3 aromatic carbocycles. The summed E-state index contributed by atoms with van der Waals surface area (Å²) in [5, 5.41) is 11.7. The molecule has 0 aromatic heterocycles. The second-order valence-electron chi connectivity index (χ2n) is 6.77. The second-order valence-corrected chi connectivity index (χ2v) is 8.86. The van der Waals surface area contributed by atoms with Crippen molar-refractivity contribution in [3.8, 4) is 0 Å². The highest BCUT2D eigenvalue weighted by atomic mass is 35.5. The molecule has 0 saturated carbocycles. The number of aromatic carboxylic acids is 1. The molecule has 0 atom stereocenters. The third-order valence-corrected chi connectivity index (χ3v) is 6.17. The van der Waals surface area contributed by atoms with E-state index >= 15 is 0 Å². The van der Waals surface area contributed by atoms with Crippen molar-refractivity contribution in [3.63, 3.8) is 0 Å². The van der Waals surface area contributed by atoms with Crippen LogP contribution in [-0.4, -0.2) is 31.9 Å². The number of nitrogens with one attached hydrogen (secondary N) is 2. The Bertz CT molecular complexity index is 1260. The molecule has 0 saturated heterocycles. The SMILES string of the molecule is O=C(O)c1ccc(CCNC(=O)c2ccc(Cl)c(NS(=O)(=O)c3cccc(F)c3)c2)cc1. The van der Waals surface area contributed by atoms with Gasteiger partial charge in [-0.15, -0.1) is 0 Å². The maximum atomic E-state index is 13.4. The van der Waals surface area contributed by atoms with Gasteiger partial charge in [0.1, 0.15) is 5.82 Å². The van der Waals surface area contributed by atoms with E-state index in [9.17, 15) is 22.4 Å². The van der Waals surface area contributed by atoms with E-state index in [1.165, 1.54) is 42.5 Å². The predicted octanol–water partition coefficient (Wildman–Crippen LogP) is 3.95. The van der Waals surface area contributed by atoms with Crippen LogP contribution in [0.5, 0.6) is 0 Å². The number of anilines is 1. The van der Waals surface area contributed by atoms with Crippen molar-refractivity contribution in [2.24, 2.45) is 0 Å². The van der Waals surface area contributed by atoms with Gasteiger partial charge in [0, 0.05) is 12.1 Å². The average Bonchev–Trinajstić information content (AvgIpc) is 2.75. The van der Waals surface area contributed by atoms with Gasteiger partial charge in [-0.3, -0.25) is 9.52 Å². The minimum absolute atomic E-state index is 0.0205. The fourth-order valence-electron chi connectivity index (χ4n) is 2.82. The van der Waals surface area contributed by atoms with E-state index in [4.69, 9.17) is 16.7 Å². The third-order valence-electron chi connectivity index (χ3n) is 4.48. The van der Waals surface area contributed by atoms with Gasteiger partial charge in [0.15, 0.2) is 0 Å². The Labute approximate surface area is 188 Å². The summed E-state index contributed by atoms with van der Waals surface area (Å²) in [6.07, 6.45) is 0.471. The van der Waals surface area contributed by atoms with Crippen molar-refractivity contribution in [1.82, 2.24) is 5.32 Å². The Morgan fingerprint density at radius 2 is 1.66 bits per heavy atom. The maximum Gasteiger partial charge on any atom is 0.335 e. The Balaban J connectivity index is 1.66. The highest BCUT2D eigenvalue weighted by Gasteiger charge is 2.18. The number of sulfonamides is 1. The quantitative estimate of drug-likeness (QED) is 0.455. The lowest BCUT2D eigenvalue weighted by molar-refractivity contribution is 0.0696. The number of rotatable bonds is 8. The average molecular weight is 477 g/mol. The molecule has 3 rings (SSSR count). The summed E-state index contributed by atoms with van der Waals surface area (Å²) >= 11 is 6.07. The standard InChI is InChI=1S/C22H18ClFN2O5S/c23-19-9-8-16(12-20(19)26-32(30,31)18-3-1-2-17(24)13-18)21(27)25-11-10-14-4-6-15(7-5-14)22(28)29/h1-9,12-13,26H,10-11H2,(H,25,27)(H,28,29). The first-order chi connectivity index (χ1) is 15.2. The number of carboxylic acid groups (broad SMARTS) is 1. The molecule has 0 aliphatic heterocycles. The van der Waals surface area contributed by atoms with E-state index in [1.807, 2.05) is 0 Å². The molecule has 32 heavy (non-hydrogen) atoms. The second kappa shape index (κ2) is 9.80. The predicted molar refractivity (Wildman–Crippen MR) is 118 cm³/mol. The largest absolute Gasteiger partial charge is 0.478 e. The number of carboxylic acids is 1. The van der Waals surface area contributed by atoms with Crippen molar-refractivity contribution < 1.29 is 27.5 Å². The molecule has 0 unspecified atom stereocenters. The first kappa shape index (κ1) is 23.2. The molecule has 0 aliphatic rings. The summed E-state index contributed by atoms with van der Waals surface area (Å²) in [5.41, 5.74) is 1.17. The van der Waals surface area contributed by atoms with E-state index in [1.54, 1.807) is 12.1 Å². The fraction of sp³-hybridized carbons (Fsp3) is 0.0909. The van der Waals surface area contributed by atoms with Crippen LogP contribution in [-0.2, 0) is 16.4 Å². The zero-order valence-corrected chi connectivity index (χ0v) is 18.1. The van der Waals surface area contributed by atoms with E-state index in [0.29, 0.717) is 6.42 Å². The fourth-order valence-corrected chi connectivity index (χ4v) is 4.14. The van der Waals surface area contributed by atoms with Gasteiger partial charge >= 0.3 is 5.97 Å². The molecular formula is C22H18ClFN2O5S. The van der Waals surface area contributed by atoms with Crippen molar-refractivity contribution >= 4 is 39.2 Å². The lowest BCUT2D eigenvalue weighted by Gasteiger charge is -2.12. The summed E-state index contributed by atoms with van der Waals surface area (Å²) in [6, 6.07) is 14.9. The molecule has 7 nitrogen and oxygen atoms in total. The summed E-state index contributed by atoms with van der Waals surface area (Å²) < 4.78 is 40.7. The van der Waals surface area contributed by atoms with Crippen LogP contribution < -0.4 is 10.0 Å². The van der Waals surface area contributed by atoms with Gasteiger partial charge in [-0.25, -0.2) is 17.6 Å². The van der Waals surface area contributed by atoms with Crippen LogP contribution in [0.25, 0.3) is 0 Å². The van der Waals surface area contributed by atoms with Crippen molar-refractivity contribution in [1.29, 1.82) is 0 Å². The van der Waals surface area contributed by atoms with Crippen molar-refractivity contribution in [2.45, 2.75) is 11.3 Å². The first-order valence-corrected chi connectivity index (χ1v) is 11.2. The van der Waals surface area contributed by atoms with Crippen LogP contribution in [0.2, 0.25) is 5.02 Å². The van der Waals surface area contributed by atoms with Gasteiger partial charge in [-0.1, -0.05) is 29.8 Å². The molecule has 0 radical (unpaired) electrons. The maximum absolute atomic E-state index is 13.4.